The molecule has 1 aromatic carbocycles. The molecule has 23 heavy (non-hydrogen) atoms. The van der Waals surface area contributed by atoms with Crippen LogP contribution in [-0.4, -0.2) is 14.6 Å². The van der Waals surface area contributed by atoms with Crippen molar-refractivity contribution >= 4 is 33.7 Å². The van der Waals surface area contributed by atoms with Gasteiger partial charge < -0.3 is 0 Å². The summed E-state index contributed by atoms with van der Waals surface area (Å²) in [5.74, 6) is 0.593. The Morgan fingerprint density at radius 3 is 2.78 bits per heavy atom. The summed E-state index contributed by atoms with van der Waals surface area (Å²) in [7, 11) is 0. The highest BCUT2D eigenvalue weighted by Gasteiger charge is 2.12. The topological polar surface area (TPSA) is 47.3 Å². The standard InChI is InChI=1S/C17H13N3OS2/c1-10-4-3-5-12(8-10)15-18-17-20(19-15)16(21)14(23-17)9-13-11(2)6-7-22-13/h3-9H,1-2H3/b14-9-. The quantitative estimate of drug-likeness (QED) is 0.564. The highest BCUT2D eigenvalue weighted by Crippen LogP contribution is 2.18. The predicted octanol–water partition coefficient (Wildman–Crippen LogP) is 3.04. The van der Waals surface area contributed by atoms with Gasteiger partial charge in [-0.05, 0) is 43.0 Å². The van der Waals surface area contributed by atoms with E-state index >= 15 is 0 Å². The molecule has 0 bridgehead atoms. The van der Waals surface area contributed by atoms with Crippen molar-refractivity contribution in [1.29, 1.82) is 0 Å². The third-order valence-corrected chi connectivity index (χ3v) is 5.55. The minimum Gasteiger partial charge on any atom is -0.266 e. The molecule has 0 saturated heterocycles. The van der Waals surface area contributed by atoms with Gasteiger partial charge in [0, 0.05) is 10.4 Å². The molecule has 0 aliphatic rings. The number of thiazole rings is 1. The maximum atomic E-state index is 12.5. The minimum absolute atomic E-state index is 0.107. The second-order valence-electron chi connectivity index (χ2n) is 5.38. The molecule has 0 N–H and O–H groups in total. The van der Waals surface area contributed by atoms with Gasteiger partial charge in [-0.25, -0.2) is 0 Å². The van der Waals surface area contributed by atoms with Crippen LogP contribution in [0.15, 0.2) is 40.5 Å². The number of thiophene rings is 1. The molecular formula is C17H13N3OS2. The number of fused-ring (bicyclic) bond motifs is 1. The average molecular weight is 339 g/mol. The molecule has 6 heteroatoms. The number of rotatable bonds is 2. The van der Waals surface area contributed by atoms with Crippen LogP contribution in [0.25, 0.3) is 22.4 Å². The lowest BCUT2D eigenvalue weighted by Gasteiger charge is -1.95. The molecule has 0 aliphatic heterocycles. The maximum absolute atomic E-state index is 12.5. The normalized spacial score (nSPS) is 12.3. The van der Waals surface area contributed by atoms with Gasteiger partial charge in [0.15, 0.2) is 5.82 Å². The summed E-state index contributed by atoms with van der Waals surface area (Å²) in [4.78, 5) is 18.8. The number of aryl methyl sites for hydroxylation is 2. The molecule has 4 nitrogen and oxygen atoms in total. The zero-order chi connectivity index (χ0) is 16.0. The number of nitrogens with zero attached hydrogens (tertiary/aromatic N) is 3. The number of hydrogen-bond acceptors (Lipinski definition) is 5. The highest BCUT2D eigenvalue weighted by atomic mass is 32.1. The van der Waals surface area contributed by atoms with E-state index in [9.17, 15) is 4.79 Å². The van der Waals surface area contributed by atoms with Crippen LogP contribution in [0.1, 0.15) is 16.0 Å². The summed E-state index contributed by atoms with van der Waals surface area (Å²) in [6, 6.07) is 10.0. The van der Waals surface area contributed by atoms with Crippen molar-refractivity contribution < 1.29 is 0 Å². The van der Waals surface area contributed by atoms with Gasteiger partial charge in [-0.15, -0.1) is 16.4 Å². The lowest BCUT2D eigenvalue weighted by atomic mass is 10.1. The summed E-state index contributed by atoms with van der Waals surface area (Å²) in [6.45, 7) is 4.07. The summed E-state index contributed by atoms with van der Waals surface area (Å²) in [5, 5.41) is 6.41. The Balaban J connectivity index is 1.86. The molecular weight excluding hydrogens is 326 g/mol. The SMILES string of the molecule is Cc1cccc(-c2nc3s/c(=C\c4sccc4C)c(=O)n3n2)c1. The largest absolute Gasteiger partial charge is 0.291 e. The Morgan fingerprint density at radius 2 is 2.09 bits per heavy atom. The van der Waals surface area contributed by atoms with E-state index in [1.807, 2.05) is 55.6 Å². The maximum Gasteiger partial charge on any atom is 0.291 e. The fourth-order valence-electron chi connectivity index (χ4n) is 2.39. The summed E-state index contributed by atoms with van der Waals surface area (Å²) >= 11 is 3.01. The fraction of sp³-hybridized carbons (Fsp3) is 0.118. The zero-order valence-corrected chi connectivity index (χ0v) is 14.2. The number of hydrogen-bond donors (Lipinski definition) is 0. The second-order valence-corrected chi connectivity index (χ2v) is 7.34. The molecule has 0 aliphatic carbocycles. The molecule has 114 valence electrons. The van der Waals surface area contributed by atoms with Gasteiger partial charge in [-0.1, -0.05) is 35.1 Å². The van der Waals surface area contributed by atoms with Crippen molar-refractivity contribution in [3.8, 4) is 11.4 Å². The van der Waals surface area contributed by atoms with Crippen LogP contribution < -0.4 is 10.1 Å². The van der Waals surface area contributed by atoms with Crippen LogP contribution in [0.2, 0.25) is 0 Å². The molecule has 3 heterocycles. The third-order valence-electron chi connectivity index (χ3n) is 3.62. The molecule has 0 unspecified atom stereocenters. The smallest absolute Gasteiger partial charge is 0.266 e. The summed E-state index contributed by atoms with van der Waals surface area (Å²) in [5.41, 5.74) is 3.14. The van der Waals surface area contributed by atoms with Crippen LogP contribution in [-0.2, 0) is 0 Å². The summed E-state index contributed by atoms with van der Waals surface area (Å²) < 4.78 is 2.07. The van der Waals surface area contributed by atoms with Gasteiger partial charge in [0.05, 0.1) is 4.53 Å². The molecule has 3 aromatic heterocycles. The van der Waals surface area contributed by atoms with Crippen LogP contribution in [0.4, 0.5) is 0 Å². The lowest BCUT2D eigenvalue weighted by molar-refractivity contribution is 0.937. The van der Waals surface area contributed by atoms with Crippen LogP contribution in [0.3, 0.4) is 0 Å². The Labute approximate surface area is 140 Å². The first kappa shape index (κ1) is 14.3. The molecule has 0 fully saturated rings. The third kappa shape index (κ3) is 2.50. The molecule has 4 rings (SSSR count). The number of benzene rings is 1. The van der Waals surface area contributed by atoms with Crippen molar-refractivity contribution in [2.45, 2.75) is 13.8 Å². The molecule has 0 saturated carbocycles. The Morgan fingerprint density at radius 1 is 1.22 bits per heavy atom. The van der Waals surface area contributed by atoms with E-state index in [1.165, 1.54) is 21.4 Å². The van der Waals surface area contributed by atoms with Gasteiger partial charge in [-0.3, -0.25) is 4.79 Å². The van der Waals surface area contributed by atoms with Crippen LogP contribution >= 0.6 is 22.7 Å². The first-order valence-corrected chi connectivity index (χ1v) is 8.84. The highest BCUT2D eigenvalue weighted by molar-refractivity contribution is 7.15. The predicted molar refractivity (Wildman–Crippen MR) is 95.1 cm³/mol. The van der Waals surface area contributed by atoms with E-state index in [4.69, 9.17) is 0 Å². The molecule has 0 spiro atoms. The molecule has 0 amide bonds. The molecule has 0 radical (unpaired) electrons. The van der Waals surface area contributed by atoms with Crippen molar-refractivity contribution in [3.63, 3.8) is 0 Å². The van der Waals surface area contributed by atoms with Gasteiger partial charge in [0.1, 0.15) is 0 Å². The van der Waals surface area contributed by atoms with Crippen molar-refractivity contribution in [2.75, 3.05) is 0 Å². The average Bonchev–Trinajstić information content (AvgIpc) is 3.19. The van der Waals surface area contributed by atoms with Gasteiger partial charge in [-0.2, -0.15) is 9.50 Å². The molecule has 0 atom stereocenters. The lowest BCUT2D eigenvalue weighted by Crippen LogP contribution is -2.23. The Kier molecular flexibility index (Phi) is 3.36. The Bertz CT molecular complexity index is 1120. The molecule has 4 aromatic rings. The van der Waals surface area contributed by atoms with Gasteiger partial charge in [0.25, 0.3) is 5.56 Å². The van der Waals surface area contributed by atoms with E-state index in [-0.39, 0.29) is 5.56 Å². The fourth-order valence-corrected chi connectivity index (χ4v) is 4.21. The monoisotopic (exact) mass is 339 g/mol. The van der Waals surface area contributed by atoms with E-state index in [1.54, 1.807) is 11.3 Å². The van der Waals surface area contributed by atoms with Gasteiger partial charge >= 0.3 is 0 Å². The van der Waals surface area contributed by atoms with Crippen molar-refractivity contribution in [2.24, 2.45) is 0 Å². The minimum atomic E-state index is -0.107. The second kappa shape index (κ2) is 5.40. The van der Waals surface area contributed by atoms with E-state index < -0.39 is 0 Å². The van der Waals surface area contributed by atoms with Crippen molar-refractivity contribution in [1.82, 2.24) is 14.6 Å². The van der Waals surface area contributed by atoms with E-state index in [2.05, 4.69) is 10.1 Å². The first-order chi connectivity index (χ1) is 11.1. The van der Waals surface area contributed by atoms with Crippen molar-refractivity contribution in [3.05, 3.63) is 66.6 Å². The zero-order valence-electron chi connectivity index (χ0n) is 12.6. The van der Waals surface area contributed by atoms with Crippen LogP contribution in [0, 0.1) is 13.8 Å². The number of aromatic nitrogens is 3. The van der Waals surface area contributed by atoms with E-state index in [0.29, 0.717) is 15.3 Å². The van der Waals surface area contributed by atoms with E-state index in [0.717, 1.165) is 16.0 Å². The van der Waals surface area contributed by atoms with Gasteiger partial charge in [0.2, 0.25) is 4.96 Å². The van der Waals surface area contributed by atoms with Crippen LogP contribution in [0.5, 0.6) is 0 Å². The summed E-state index contributed by atoms with van der Waals surface area (Å²) in [6.07, 6.45) is 1.93. The Hall–Kier alpha value is -2.31. The first-order valence-electron chi connectivity index (χ1n) is 7.14.